The van der Waals surface area contributed by atoms with Gasteiger partial charge in [-0.15, -0.1) is 0 Å². The fraction of sp³-hybridized carbons (Fsp3) is 0.643. The third kappa shape index (κ3) is 3.00. The highest BCUT2D eigenvalue weighted by Crippen LogP contribution is 2.23. The van der Waals surface area contributed by atoms with E-state index in [1.54, 1.807) is 0 Å². The molecule has 1 aliphatic heterocycles. The fourth-order valence-corrected chi connectivity index (χ4v) is 2.38. The molecule has 1 atom stereocenters. The highest BCUT2D eigenvalue weighted by atomic mass is 16.5. The predicted octanol–water partition coefficient (Wildman–Crippen LogP) is 1.72. The van der Waals surface area contributed by atoms with Crippen molar-refractivity contribution in [3.8, 4) is 0 Å². The topological polar surface area (TPSA) is 37.4 Å². The van der Waals surface area contributed by atoms with Gasteiger partial charge in [-0.25, -0.2) is 0 Å². The Kier molecular flexibility index (Phi) is 4.55. The minimum atomic E-state index is 0.356. The first-order valence-corrected chi connectivity index (χ1v) is 6.71. The Bertz CT molecular complexity index is 395. The van der Waals surface area contributed by atoms with E-state index in [0.717, 1.165) is 38.4 Å². The molecule has 2 heterocycles. The van der Waals surface area contributed by atoms with Crippen molar-refractivity contribution in [1.29, 1.82) is 0 Å². The molecule has 1 aromatic heterocycles. The monoisotopic (exact) mass is 249 g/mol. The molecule has 1 aromatic rings. The SMILES string of the molecule is CCC1CN(c2cc(C)ncc2CNC)CCO1. The van der Waals surface area contributed by atoms with Gasteiger partial charge in [0.1, 0.15) is 0 Å². The second-order valence-electron chi connectivity index (χ2n) is 4.83. The Hall–Kier alpha value is -1.13. The van der Waals surface area contributed by atoms with E-state index < -0.39 is 0 Å². The first-order valence-electron chi connectivity index (χ1n) is 6.71. The van der Waals surface area contributed by atoms with Crippen LogP contribution in [0.15, 0.2) is 12.3 Å². The fourth-order valence-electron chi connectivity index (χ4n) is 2.38. The second-order valence-corrected chi connectivity index (χ2v) is 4.83. The summed E-state index contributed by atoms with van der Waals surface area (Å²) < 4.78 is 5.74. The number of hydrogen-bond acceptors (Lipinski definition) is 4. The lowest BCUT2D eigenvalue weighted by Gasteiger charge is -2.35. The molecule has 0 radical (unpaired) electrons. The maximum atomic E-state index is 5.74. The van der Waals surface area contributed by atoms with Crippen molar-refractivity contribution in [2.45, 2.75) is 32.9 Å². The smallest absolute Gasteiger partial charge is 0.0748 e. The van der Waals surface area contributed by atoms with Crippen molar-refractivity contribution >= 4 is 5.69 Å². The van der Waals surface area contributed by atoms with Crippen molar-refractivity contribution in [3.63, 3.8) is 0 Å². The highest BCUT2D eigenvalue weighted by Gasteiger charge is 2.21. The van der Waals surface area contributed by atoms with E-state index in [0.29, 0.717) is 6.10 Å². The second kappa shape index (κ2) is 6.16. The summed E-state index contributed by atoms with van der Waals surface area (Å²) in [5, 5.41) is 3.21. The molecule has 1 aliphatic rings. The van der Waals surface area contributed by atoms with Gasteiger partial charge in [-0.1, -0.05) is 6.92 Å². The van der Waals surface area contributed by atoms with E-state index in [-0.39, 0.29) is 0 Å². The maximum absolute atomic E-state index is 5.74. The summed E-state index contributed by atoms with van der Waals surface area (Å²) in [6.45, 7) is 7.86. The zero-order valence-electron chi connectivity index (χ0n) is 11.6. The van der Waals surface area contributed by atoms with Crippen molar-refractivity contribution in [2.75, 3.05) is 31.6 Å². The van der Waals surface area contributed by atoms with Gasteiger partial charge in [0.25, 0.3) is 0 Å². The van der Waals surface area contributed by atoms with Gasteiger partial charge in [-0.2, -0.15) is 0 Å². The number of pyridine rings is 1. The number of morpholine rings is 1. The van der Waals surface area contributed by atoms with Crippen molar-refractivity contribution in [2.24, 2.45) is 0 Å². The van der Waals surface area contributed by atoms with Crippen LogP contribution in [0.5, 0.6) is 0 Å². The van der Waals surface area contributed by atoms with Gasteiger partial charge >= 0.3 is 0 Å². The van der Waals surface area contributed by atoms with Gasteiger partial charge in [0.2, 0.25) is 0 Å². The Morgan fingerprint density at radius 1 is 1.56 bits per heavy atom. The van der Waals surface area contributed by atoms with Gasteiger partial charge in [0.05, 0.1) is 12.7 Å². The molecule has 4 nitrogen and oxygen atoms in total. The largest absolute Gasteiger partial charge is 0.375 e. The van der Waals surface area contributed by atoms with Crippen LogP contribution in [0.4, 0.5) is 5.69 Å². The summed E-state index contributed by atoms with van der Waals surface area (Å²) >= 11 is 0. The molecule has 4 heteroatoms. The van der Waals surface area contributed by atoms with E-state index in [1.165, 1.54) is 11.3 Å². The van der Waals surface area contributed by atoms with E-state index in [4.69, 9.17) is 4.74 Å². The van der Waals surface area contributed by atoms with Crippen LogP contribution in [0.25, 0.3) is 0 Å². The summed E-state index contributed by atoms with van der Waals surface area (Å²) in [5.74, 6) is 0. The van der Waals surface area contributed by atoms with Crippen LogP contribution in [0.3, 0.4) is 0 Å². The minimum Gasteiger partial charge on any atom is -0.375 e. The summed E-state index contributed by atoms with van der Waals surface area (Å²) in [5.41, 5.74) is 3.64. The van der Waals surface area contributed by atoms with Crippen molar-refractivity contribution in [3.05, 3.63) is 23.5 Å². The third-order valence-electron chi connectivity index (χ3n) is 3.40. The summed E-state index contributed by atoms with van der Waals surface area (Å²) in [6.07, 6.45) is 3.41. The molecule has 100 valence electrons. The molecule has 0 aliphatic carbocycles. The molecule has 1 fully saturated rings. The van der Waals surface area contributed by atoms with Gasteiger partial charge < -0.3 is 15.0 Å². The molecule has 0 bridgehead atoms. The lowest BCUT2D eigenvalue weighted by atomic mass is 10.1. The summed E-state index contributed by atoms with van der Waals surface area (Å²) in [4.78, 5) is 6.82. The van der Waals surface area contributed by atoms with E-state index in [2.05, 4.69) is 28.2 Å². The number of aromatic nitrogens is 1. The van der Waals surface area contributed by atoms with Crippen LogP contribution in [0.1, 0.15) is 24.6 Å². The first kappa shape index (κ1) is 13.3. The zero-order chi connectivity index (χ0) is 13.0. The number of hydrogen-bond donors (Lipinski definition) is 1. The molecule has 0 spiro atoms. The lowest BCUT2D eigenvalue weighted by Crippen LogP contribution is -2.42. The highest BCUT2D eigenvalue weighted by molar-refractivity contribution is 5.54. The molecule has 18 heavy (non-hydrogen) atoms. The maximum Gasteiger partial charge on any atom is 0.0748 e. The average Bonchev–Trinajstić information content (AvgIpc) is 2.41. The summed E-state index contributed by atoms with van der Waals surface area (Å²) in [6, 6.07) is 2.19. The summed E-state index contributed by atoms with van der Waals surface area (Å²) in [7, 11) is 1.97. The minimum absolute atomic E-state index is 0.356. The molecule has 0 saturated carbocycles. The molecule has 2 rings (SSSR count). The van der Waals surface area contributed by atoms with Crippen LogP contribution >= 0.6 is 0 Å². The zero-order valence-corrected chi connectivity index (χ0v) is 11.6. The number of ether oxygens (including phenoxy) is 1. The molecule has 1 N–H and O–H groups in total. The normalized spacial score (nSPS) is 20.2. The quantitative estimate of drug-likeness (QED) is 0.882. The molecule has 1 saturated heterocycles. The Balaban J connectivity index is 2.22. The van der Waals surface area contributed by atoms with Crippen LogP contribution in [-0.2, 0) is 11.3 Å². The molecular weight excluding hydrogens is 226 g/mol. The number of nitrogens with one attached hydrogen (secondary N) is 1. The van der Waals surface area contributed by atoms with Gasteiger partial charge in [-0.05, 0) is 26.5 Å². The molecular formula is C14H23N3O. The van der Waals surface area contributed by atoms with Gasteiger partial charge in [0.15, 0.2) is 0 Å². The number of aryl methyl sites for hydroxylation is 1. The predicted molar refractivity (Wildman–Crippen MR) is 74.0 cm³/mol. The molecule has 0 aromatic carbocycles. The Labute approximate surface area is 109 Å². The van der Waals surface area contributed by atoms with E-state index in [1.807, 2.05) is 20.2 Å². The van der Waals surface area contributed by atoms with Crippen molar-refractivity contribution in [1.82, 2.24) is 10.3 Å². The Morgan fingerprint density at radius 2 is 2.39 bits per heavy atom. The van der Waals surface area contributed by atoms with Crippen LogP contribution in [0.2, 0.25) is 0 Å². The lowest BCUT2D eigenvalue weighted by molar-refractivity contribution is 0.0384. The number of rotatable bonds is 4. The molecule has 1 unspecified atom stereocenters. The standard InChI is InChI=1S/C14H23N3O/c1-4-13-10-17(5-6-18-13)14-7-11(2)16-9-12(14)8-15-3/h7,9,13,15H,4-6,8,10H2,1-3H3. The average molecular weight is 249 g/mol. The number of anilines is 1. The van der Waals surface area contributed by atoms with Crippen LogP contribution < -0.4 is 10.2 Å². The van der Waals surface area contributed by atoms with Crippen LogP contribution in [-0.4, -0.2) is 37.8 Å². The third-order valence-corrected chi connectivity index (χ3v) is 3.40. The van der Waals surface area contributed by atoms with Crippen LogP contribution in [0, 0.1) is 6.92 Å². The number of nitrogens with zero attached hydrogens (tertiary/aromatic N) is 2. The van der Waals surface area contributed by atoms with E-state index >= 15 is 0 Å². The van der Waals surface area contributed by atoms with Gasteiger partial charge in [-0.3, -0.25) is 4.98 Å². The molecule has 0 amide bonds. The van der Waals surface area contributed by atoms with Gasteiger partial charge in [0, 0.05) is 42.8 Å². The van der Waals surface area contributed by atoms with E-state index in [9.17, 15) is 0 Å². The first-order chi connectivity index (χ1) is 8.74. The van der Waals surface area contributed by atoms with Crippen molar-refractivity contribution < 1.29 is 4.74 Å². The Morgan fingerprint density at radius 3 is 3.11 bits per heavy atom.